The minimum atomic E-state index is -4.31. The van der Waals surface area contributed by atoms with Crippen LogP contribution < -0.4 is 5.32 Å². The molecule has 20 heavy (non-hydrogen) atoms. The number of alkyl halides is 3. The van der Waals surface area contributed by atoms with E-state index in [1.54, 1.807) is 24.9 Å². The normalized spacial score (nSPS) is 15.1. The highest BCUT2D eigenvalue weighted by Gasteiger charge is 2.30. The van der Waals surface area contributed by atoms with Gasteiger partial charge in [-0.05, 0) is 36.4 Å². The fourth-order valence-corrected chi connectivity index (χ4v) is 2.96. The monoisotopic (exact) mass is 307 g/mol. The number of halogens is 3. The maximum Gasteiger partial charge on any atom is 0.416 e. The van der Waals surface area contributed by atoms with Crippen molar-refractivity contribution in [3.05, 3.63) is 35.4 Å². The van der Waals surface area contributed by atoms with Crippen LogP contribution in [0.1, 0.15) is 24.1 Å². The van der Waals surface area contributed by atoms with Gasteiger partial charge in [-0.25, -0.2) is 0 Å². The second kappa shape index (κ2) is 7.90. The Kier molecular flexibility index (Phi) is 6.85. The van der Waals surface area contributed by atoms with Crippen LogP contribution in [0.15, 0.2) is 24.3 Å². The molecule has 0 bridgehead atoms. The third kappa shape index (κ3) is 5.34. The summed E-state index contributed by atoms with van der Waals surface area (Å²) in [5, 5.41) is 12.0. The molecule has 0 aliphatic heterocycles. The van der Waals surface area contributed by atoms with E-state index in [2.05, 4.69) is 5.32 Å². The van der Waals surface area contributed by atoms with Crippen LogP contribution in [-0.4, -0.2) is 30.3 Å². The Hall–Kier alpha value is -0.720. The topological polar surface area (TPSA) is 32.3 Å². The molecular weight excluding hydrogens is 287 g/mol. The van der Waals surface area contributed by atoms with Crippen LogP contribution in [0.2, 0.25) is 0 Å². The third-order valence-corrected chi connectivity index (χ3v) is 4.34. The van der Waals surface area contributed by atoms with Gasteiger partial charge in [0.1, 0.15) is 0 Å². The summed E-state index contributed by atoms with van der Waals surface area (Å²) in [6.07, 6.45) is -4.31. The highest BCUT2D eigenvalue weighted by Crippen LogP contribution is 2.31. The predicted molar refractivity (Wildman–Crippen MR) is 76.8 cm³/mol. The second-order valence-electron chi connectivity index (χ2n) is 4.79. The number of rotatable bonds is 7. The molecule has 2 N–H and O–H groups in total. The quantitative estimate of drug-likeness (QED) is 0.810. The molecule has 0 saturated carbocycles. The van der Waals surface area contributed by atoms with Gasteiger partial charge < -0.3 is 10.4 Å². The summed E-state index contributed by atoms with van der Waals surface area (Å²) in [5.74, 6) is 1.65. The second-order valence-corrected chi connectivity index (χ2v) is 5.86. The maximum absolute atomic E-state index is 12.7. The first-order valence-electron chi connectivity index (χ1n) is 6.41. The summed E-state index contributed by atoms with van der Waals surface area (Å²) in [7, 11) is 1.74. The number of nitrogens with one attached hydrogen (secondary N) is 1. The van der Waals surface area contributed by atoms with Gasteiger partial charge in [-0.15, -0.1) is 0 Å². The van der Waals surface area contributed by atoms with E-state index < -0.39 is 11.7 Å². The van der Waals surface area contributed by atoms with Gasteiger partial charge in [0, 0.05) is 18.4 Å². The largest absolute Gasteiger partial charge is 0.416 e. The van der Waals surface area contributed by atoms with Gasteiger partial charge in [-0.3, -0.25) is 0 Å². The Morgan fingerprint density at radius 1 is 1.30 bits per heavy atom. The summed E-state index contributed by atoms with van der Waals surface area (Å²) in [4.78, 5) is 0. The van der Waals surface area contributed by atoms with Crippen LogP contribution in [-0.2, 0) is 6.18 Å². The molecular formula is C14H20F3NOS. The average Bonchev–Trinajstić information content (AvgIpc) is 2.42. The van der Waals surface area contributed by atoms with Gasteiger partial charge in [0.25, 0.3) is 0 Å². The molecule has 0 heterocycles. The van der Waals surface area contributed by atoms with Crippen molar-refractivity contribution in [2.45, 2.75) is 19.1 Å². The lowest BCUT2D eigenvalue weighted by Gasteiger charge is -2.18. The van der Waals surface area contributed by atoms with E-state index in [0.717, 1.165) is 11.8 Å². The molecule has 2 nitrogen and oxygen atoms in total. The summed E-state index contributed by atoms with van der Waals surface area (Å²) in [6, 6.07) is 5.28. The van der Waals surface area contributed by atoms with E-state index in [1.165, 1.54) is 12.1 Å². The summed E-state index contributed by atoms with van der Waals surface area (Å²) in [6.45, 7) is 2.06. The molecule has 1 aromatic carbocycles. The molecule has 2 unspecified atom stereocenters. The first-order chi connectivity index (χ1) is 9.38. The van der Waals surface area contributed by atoms with E-state index in [4.69, 9.17) is 5.11 Å². The van der Waals surface area contributed by atoms with E-state index in [0.29, 0.717) is 11.3 Å². The standard InChI is InChI=1S/C14H20F3NOS/c1-10(7-19)8-20-9-13(18-2)11-4-3-5-12(6-11)14(15,16)17/h3-6,10,13,18-19H,7-9H2,1-2H3. The molecule has 6 heteroatoms. The Labute approximate surface area is 121 Å². The van der Waals surface area contributed by atoms with Crippen molar-refractivity contribution in [1.82, 2.24) is 5.32 Å². The number of hydrogen-bond donors (Lipinski definition) is 2. The van der Waals surface area contributed by atoms with Gasteiger partial charge >= 0.3 is 6.18 Å². The summed E-state index contributed by atoms with van der Waals surface area (Å²) < 4.78 is 38.1. The molecule has 0 aliphatic carbocycles. The fourth-order valence-electron chi connectivity index (χ4n) is 1.72. The number of hydrogen-bond acceptors (Lipinski definition) is 3. The zero-order valence-corrected chi connectivity index (χ0v) is 12.4. The lowest BCUT2D eigenvalue weighted by Crippen LogP contribution is -2.20. The zero-order valence-electron chi connectivity index (χ0n) is 11.6. The Morgan fingerprint density at radius 2 is 2.00 bits per heavy atom. The molecule has 0 amide bonds. The van der Waals surface area contributed by atoms with Crippen molar-refractivity contribution in [3.8, 4) is 0 Å². The van der Waals surface area contributed by atoms with Crippen molar-refractivity contribution in [1.29, 1.82) is 0 Å². The number of thioether (sulfide) groups is 1. The molecule has 0 spiro atoms. The SMILES string of the molecule is CNC(CSCC(C)CO)c1cccc(C(F)(F)F)c1. The van der Waals surface area contributed by atoms with E-state index >= 15 is 0 Å². The van der Waals surface area contributed by atoms with Crippen molar-refractivity contribution in [3.63, 3.8) is 0 Å². The average molecular weight is 307 g/mol. The minimum Gasteiger partial charge on any atom is -0.396 e. The van der Waals surface area contributed by atoms with Crippen molar-refractivity contribution in [2.24, 2.45) is 5.92 Å². The minimum absolute atomic E-state index is 0.126. The van der Waals surface area contributed by atoms with Gasteiger partial charge in [0.2, 0.25) is 0 Å². The van der Waals surface area contributed by atoms with Gasteiger partial charge in [-0.1, -0.05) is 19.1 Å². The Bertz CT molecular complexity index is 412. The number of aliphatic hydroxyl groups is 1. The molecule has 0 saturated heterocycles. The Balaban J connectivity index is 2.70. The Morgan fingerprint density at radius 3 is 2.55 bits per heavy atom. The fraction of sp³-hybridized carbons (Fsp3) is 0.571. The van der Waals surface area contributed by atoms with Crippen molar-refractivity contribution in [2.75, 3.05) is 25.2 Å². The molecule has 0 aliphatic rings. The third-order valence-electron chi connectivity index (χ3n) is 2.96. The summed E-state index contributed by atoms with van der Waals surface area (Å²) >= 11 is 1.62. The number of aliphatic hydroxyl groups excluding tert-OH is 1. The molecule has 0 fully saturated rings. The van der Waals surface area contributed by atoms with E-state index in [-0.39, 0.29) is 18.6 Å². The van der Waals surface area contributed by atoms with Gasteiger partial charge in [0.15, 0.2) is 0 Å². The van der Waals surface area contributed by atoms with Crippen LogP contribution >= 0.6 is 11.8 Å². The highest BCUT2D eigenvalue weighted by atomic mass is 32.2. The van der Waals surface area contributed by atoms with Crippen molar-refractivity contribution < 1.29 is 18.3 Å². The van der Waals surface area contributed by atoms with Crippen LogP contribution in [0, 0.1) is 5.92 Å². The lowest BCUT2D eigenvalue weighted by atomic mass is 10.1. The van der Waals surface area contributed by atoms with Gasteiger partial charge in [0.05, 0.1) is 5.56 Å². The molecule has 1 aromatic rings. The first kappa shape index (κ1) is 17.3. The summed E-state index contributed by atoms with van der Waals surface area (Å²) in [5.41, 5.74) is 0.00968. The first-order valence-corrected chi connectivity index (χ1v) is 7.57. The van der Waals surface area contributed by atoms with Crippen molar-refractivity contribution >= 4 is 11.8 Å². The predicted octanol–water partition coefficient (Wildman–Crippen LogP) is 3.33. The highest BCUT2D eigenvalue weighted by molar-refractivity contribution is 7.99. The van der Waals surface area contributed by atoms with Crippen LogP contribution in [0.25, 0.3) is 0 Å². The van der Waals surface area contributed by atoms with Crippen LogP contribution in [0.4, 0.5) is 13.2 Å². The van der Waals surface area contributed by atoms with Crippen LogP contribution in [0.3, 0.4) is 0 Å². The molecule has 2 atom stereocenters. The van der Waals surface area contributed by atoms with E-state index in [9.17, 15) is 13.2 Å². The van der Waals surface area contributed by atoms with Gasteiger partial charge in [-0.2, -0.15) is 24.9 Å². The molecule has 0 aromatic heterocycles. The van der Waals surface area contributed by atoms with E-state index in [1.807, 2.05) is 6.92 Å². The maximum atomic E-state index is 12.7. The lowest BCUT2D eigenvalue weighted by molar-refractivity contribution is -0.137. The smallest absolute Gasteiger partial charge is 0.396 e. The molecule has 1 rings (SSSR count). The zero-order chi connectivity index (χ0) is 15.2. The molecule has 114 valence electrons. The number of benzene rings is 1. The van der Waals surface area contributed by atoms with Crippen LogP contribution in [0.5, 0.6) is 0 Å². The molecule has 0 radical (unpaired) electrons.